The highest BCUT2D eigenvalue weighted by Gasteiger charge is 2.49. The van der Waals surface area contributed by atoms with Crippen molar-refractivity contribution in [1.29, 1.82) is 0 Å². The summed E-state index contributed by atoms with van der Waals surface area (Å²) >= 11 is 0. The molecule has 1 aliphatic heterocycles. The quantitative estimate of drug-likeness (QED) is 0.620. The maximum absolute atomic E-state index is 13.5. The second-order valence-corrected chi connectivity index (χ2v) is 6.44. The first-order valence-electron chi connectivity index (χ1n) is 8.12. The molecule has 1 atom stereocenters. The molecule has 0 unspecified atom stereocenters. The Morgan fingerprint density at radius 2 is 1.96 bits per heavy atom. The molecule has 6 nitrogen and oxygen atoms in total. The Bertz CT molecular complexity index is 781. The van der Waals surface area contributed by atoms with Gasteiger partial charge in [-0.2, -0.15) is 0 Å². The van der Waals surface area contributed by atoms with E-state index in [9.17, 15) is 23.2 Å². The van der Waals surface area contributed by atoms with Gasteiger partial charge in [-0.1, -0.05) is 18.2 Å². The van der Waals surface area contributed by atoms with Crippen LogP contribution in [0, 0.1) is 11.6 Å². The fourth-order valence-electron chi connectivity index (χ4n) is 2.78. The lowest BCUT2D eigenvalue weighted by atomic mass is 9.92. The molecule has 1 aromatic carbocycles. The number of rotatable bonds is 6. The molecule has 1 heterocycles. The molecule has 4 amide bonds. The Kier molecular flexibility index (Phi) is 5.44. The zero-order valence-corrected chi connectivity index (χ0v) is 14.9. The van der Waals surface area contributed by atoms with Gasteiger partial charge in [-0.3, -0.25) is 14.5 Å². The molecule has 0 aromatic heterocycles. The second kappa shape index (κ2) is 7.23. The molecule has 1 N–H and O–H groups in total. The Morgan fingerprint density at radius 1 is 1.31 bits per heavy atom. The zero-order chi connectivity index (χ0) is 19.6. The summed E-state index contributed by atoms with van der Waals surface area (Å²) in [5.74, 6) is -3.29. The van der Waals surface area contributed by atoms with E-state index in [1.165, 1.54) is 17.9 Å². The van der Waals surface area contributed by atoms with E-state index in [1.807, 2.05) is 0 Å². The molecule has 0 spiro atoms. The van der Waals surface area contributed by atoms with Gasteiger partial charge in [-0.15, -0.1) is 0 Å². The molecule has 26 heavy (non-hydrogen) atoms. The highest BCUT2D eigenvalue weighted by Crippen LogP contribution is 2.29. The Hall–Kier alpha value is -2.77. The lowest BCUT2D eigenvalue weighted by Crippen LogP contribution is -2.45. The van der Waals surface area contributed by atoms with Crippen molar-refractivity contribution in [3.63, 3.8) is 0 Å². The maximum Gasteiger partial charge on any atom is 0.325 e. The monoisotopic (exact) mass is 365 g/mol. The third kappa shape index (κ3) is 3.58. The first-order valence-corrected chi connectivity index (χ1v) is 8.12. The molecule has 140 valence electrons. The van der Waals surface area contributed by atoms with E-state index in [0.717, 1.165) is 22.6 Å². The average molecular weight is 365 g/mol. The lowest BCUT2D eigenvalue weighted by Gasteiger charge is -2.24. The summed E-state index contributed by atoms with van der Waals surface area (Å²) in [4.78, 5) is 39.6. The first kappa shape index (κ1) is 19.6. The van der Waals surface area contributed by atoms with Crippen LogP contribution in [0.15, 0.2) is 30.4 Å². The Morgan fingerprint density at radius 3 is 2.50 bits per heavy atom. The number of urea groups is 1. The van der Waals surface area contributed by atoms with Gasteiger partial charge in [0.05, 0.1) is 0 Å². The van der Waals surface area contributed by atoms with Crippen LogP contribution in [0.4, 0.5) is 13.6 Å². The van der Waals surface area contributed by atoms with Crippen LogP contribution < -0.4 is 5.32 Å². The number of nitrogens with zero attached hydrogens (tertiary/aromatic N) is 2. The molecule has 0 radical (unpaired) electrons. The van der Waals surface area contributed by atoms with Crippen LogP contribution in [0.2, 0.25) is 0 Å². The van der Waals surface area contributed by atoms with Crippen molar-refractivity contribution in [1.82, 2.24) is 15.1 Å². The number of benzene rings is 1. The van der Waals surface area contributed by atoms with Gasteiger partial charge in [0.25, 0.3) is 5.91 Å². The van der Waals surface area contributed by atoms with Gasteiger partial charge in [-0.05, 0) is 38.5 Å². The maximum atomic E-state index is 13.5. The number of nitrogens with one attached hydrogen (secondary N) is 1. The van der Waals surface area contributed by atoms with Gasteiger partial charge < -0.3 is 10.2 Å². The van der Waals surface area contributed by atoms with E-state index in [4.69, 9.17) is 0 Å². The van der Waals surface area contributed by atoms with Crippen molar-refractivity contribution in [3.8, 4) is 0 Å². The minimum Gasteiger partial charge on any atom is -0.337 e. The summed E-state index contributed by atoms with van der Waals surface area (Å²) in [6.45, 7) is 8.95. The number of carbonyl (C=O) groups is 3. The van der Waals surface area contributed by atoms with Crippen LogP contribution in [0.5, 0.6) is 0 Å². The number of hydrogen-bond donors (Lipinski definition) is 1. The van der Waals surface area contributed by atoms with Gasteiger partial charge in [0.2, 0.25) is 5.91 Å². The molecule has 1 aromatic rings. The minimum absolute atomic E-state index is 0.0963. The van der Waals surface area contributed by atoms with Crippen molar-refractivity contribution in [3.05, 3.63) is 47.5 Å². The Labute approximate surface area is 150 Å². The fraction of sp³-hybridized carbons (Fsp3) is 0.389. The van der Waals surface area contributed by atoms with Gasteiger partial charge in [0.1, 0.15) is 12.1 Å². The second-order valence-electron chi connectivity index (χ2n) is 6.44. The van der Waals surface area contributed by atoms with Crippen molar-refractivity contribution in [2.75, 3.05) is 19.6 Å². The van der Waals surface area contributed by atoms with Crippen LogP contribution >= 0.6 is 0 Å². The van der Waals surface area contributed by atoms with E-state index >= 15 is 0 Å². The summed E-state index contributed by atoms with van der Waals surface area (Å²) in [6, 6.07) is 2.20. The number of imide groups is 1. The van der Waals surface area contributed by atoms with Gasteiger partial charge in [-0.25, -0.2) is 13.6 Å². The lowest BCUT2D eigenvalue weighted by molar-refractivity contribution is -0.138. The molecule has 2 rings (SSSR count). The van der Waals surface area contributed by atoms with Crippen molar-refractivity contribution in [2.45, 2.75) is 26.3 Å². The van der Waals surface area contributed by atoms with Crippen molar-refractivity contribution < 1.29 is 23.2 Å². The molecule has 1 saturated heterocycles. The number of carbonyl (C=O) groups excluding carboxylic acids is 3. The van der Waals surface area contributed by atoms with E-state index in [0.29, 0.717) is 13.1 Å². The molecular weight excluding hydrogens is 344 g/mol. The summed E-state index contributed by atoms with van der Waals surface area (Å²) in [7, 11) is 0. The SMILES string of the molecule is C=C(C)CN(CC)C(=O)CN1C(=O)N[C@](C)(c2ccc(F)c(F)c2)C1=O. The fourth-order valence-corrected chi connectivity index (χ4v) is 2.78. The van der Waals surface area contributed by atoms with Crippen molar-refractivity contribution in [2.24, 2.45) is 0 Å². The number of amides is 4. The highest BCUT2D eigenvalue weighted by atomic mass is 19.2. The van der Waals surface area contributed by atoms with E-state index < -0.39 is 41.6 Å². The molecule has 0 saturated carbocycles. The molecule has 0 aliphatic carbocycles. The predicted octanol–water partition coefficient (Wildman–Crippen LogP) is 2.16. The normalized spacial score (nSPS) is 19.5. The smallest absolute Gasteiger partial charge is 0.325 e. The molecule has 1 aliphatic rings. The van der Waals surface area contributed by atoms with Crippen molar-refractivity contribution >= 4 is 17.8 Å². The van der Waals surface area contributed by atoms with E-state index in [-0.39, 0.29) is 5.56 Å². The van der Waals surface area contributed by atoms with Gasteiger partial charge in [0.15, 0.2) is 11.6 Å². The summed E-state index contributed by atoms with van der Waals surface area (Å²) < 4.78 is 26.7. The minimum atomic E-state index is -1.57. The molecule has 0 bridgehead atoms. The molecule has 8 heteroatoms. The van der Waals surface area contributed by atoms with E-state index in [2.05, 4.69) is 11.9 Å². The van der Waals surface area contributed by atoms with Gasteiger partial charge >= 0.3 is 6.03 Å². The number of hydrogen-bond acceptors (Lipinski definition) is 3. The average Bonchev–Trinajstić information content (AvgIpc) is 2.79. The van der Waals surface area contributed by atoms with Gasteiger partial charge in [0, 0.05) is 13.1 Å². The third-order valence-electron chi connectivity index (χ3n) is 4.26. The summed E-state index contributed by atoms with van der Waals surface area (Å²) in [6.07, 6.45) is 0. The largest absolute Gasteiger partial charge is 0.337 e. The summed E-state index contributed by atoms with van der Waals surface area (Å²) in [5.41, 5.74) is -0.708. The number of halogens is 2. The molecule has 1 fully saturated rings. The van der Waals surface area contributed by atoms with Crippen LogP contribution in [-0.2, 0) is 15.1 Å². The highest BCUT2D eigenvalue weighted by molar-refractivity contribution is 6.09. The standard InChI is InChI=1S/C18H21F2N3O3/c1-5-22(9-11(2)3)15(24)10-23-16(25)18(4,21-17(23)26)12-6-7-13(19)14(20)8-12/h6-8H,2,5,9-10H2,1,3-4H3,(H,21,26)/t18-/m1/s1. The van der Waals surface area contributed by atoms with Crippen LogP contribution in [0.1, 0.15) is 26.3 Å². The predicted molar refractivity (Wildman–Crippen MR) is 91.0 cm³/mol. The summed E-state index contributed by atoms with van der Waals surface area (Å²) in [5, 5.41) is 2.46. The Balaban J connectivity index is 2.23. The third-order valence-corrected chi connectivity index (χ3v) is 4.26. The van der Waals surface area contributed by atoms with Crippen LogP contribution in [-0.4, -0.2) is 47.3 Å². The van der Waals surface area contributed by atoms with Crippen LogP contribution in [0.25, 0.3) is 0 Å². The first-order chi connectivity index (χ1) is 12.1. The molecular formula is C18H21F2N3O3. The number of likely N-dealkylation sites (N-methyl/N-ethyl adjacent to an activating group) is 1. The van der Waals surface area contributed by atoms with E-state index in [1.54, 1.807) is 13.8 Å². The topological polar surface area (TPSA) is 69.7 Å². The van der Waals surface area contributed by atoms with Crippen LogP contribution in [0.3, 0.4) is 0 Å². The zero-order valence-electron chi connectivity index (χ0n) is 14.9.